The maximum atomic E-state index is 4.55. The van der Waals surface area contributed by atoms with E-state index >= 15 is 0 Å². The molecule has 2 fully saturated rings. The summed E-state index contributed by atoms with van der Waals surface area (Å²) in [6.07, 6.45) is 6.73. The van der Waals surface area contributed by atoms with E-state index in [9.17, 15) is 0 Å². The Morgan fingerprint density at radius 3 is 3.14 bits per heavy atom. The van der Waals surface area contributed by atoms with E-state index in [4.69, 9.17) is 0 Å². The first kappa shape index (κ1) is 12.8. The molecule has 0 aliphatic carbocycles. The van der Waals surface area contributed by atoms with Crippen LogP contribution in [0.5, 0.6) is 0 Å². The average molecular weight is 287 g/mol. The highest BCUT2D eigenvalue weighted by Crippen LogP contribution is 2.29. The Balaban J connectivity index is 1.57. The van der Waals surface area contributed by atoms with Crippen molar-refractivity contribution in [3.05, 3.63) is 6.33 Å². The topological polar surface area (TPSA) is 81.8 Å². The summed E-state index contributed by atoms with van der Waals surface area (Å²) in [6.45, 7) is 2.47. The molecule has 2 saturated heterocycles. The van der Waals surface area contributed by atoms with Crippen molar-refractivity contribution in [3.8, 4) is 0 Å². The molecule has 3 N–H and O–H groups in total. The quantitative estimate of drug-likeness (QED) is 0.792. The number of imidazole rings is 1. The molecule has 7 nitrogen and oxygen atoms in total. The number of anilines is 2. The summed E-state index contributed by atoms with van der Waals surface area (Å²) in [5.41, 5.74) is 1.60. The third kappa shape index (κ3) is 2.31. The summed E-state index contributed by atoms with van der Waals surface area (Å²) < 4.78 is 0. The maximum absolute atomic E-state index is 4.55. The molecule has 2 aromatic rings. The molecule has 0 amide bonds. The van der Waals surface area contributed by atoms with Gasteiger partial charge in [-0.15, -0.1) is 0 Å². The molecule has 2 aliphatic rings. The van der Waals surface area contributed by atoms with Crippen molar-refractivity contribution in [1.29, 1.82) is 0 Å². The maximum Gasteiger partial charge on any atom is 0.226 e. The molecule has 0 aromatic carbocycles. The molecule has 4 rings (SSSR count). The lowest BCUT2D eigenvalue weighted by molar-refractivity contribution is 0.188. The molecule has 7 heteroatoms. The largest absolute Gasteiger partial charge is 0.365 e. The molecule has 112 valence electrons. The van der Waals surface area contributed by atoms with Crippen molar-refractivity contribution in [2.24, 2.45) is 0 Å². The van der Waals surface area contributed by atoms with E-state index in [0.717, 1.165) is 17.4 Å². The molecular formula is C14H21N7. The molecule has 0 bridgehead atoms. The predicted molar refractivity (Wildman–Crippen MR) is 82.5 cm³/mol. The van der Waals surface area contributed by atoms with E-state index in [0.29, 0.717) is 17.6 Å². The lowest BCUT2D eigenvalue weighted by Crippen LogP contribution is -2.42. The number of aromatic amines is 1. The van der Waals surface area contributed by atoms with Gasteiger partial charge in [0, 0.05) is 25.7 Å². The van der Waals surface area contributed by atoms with E-state index in [-0.39, 0.29) is 0 Å². The second-order valence-corrected chi connectivity index (χ2v) is 5.94. The number of nitrogens with one attached hydrogen (secondary N) is 3. The van der Waals surface area contributed by atoms with Gasteiger partial charge in [0.15, 0.2) is 11.5 Å². The van der Waals surface area contributed by atoms with Crippen molar-refractivity contribution < 1.29 is 0 Å². The van der Waals surface area contributed by atoms with E-state index in [1.54, 1.807) is 6.33 Å². The van der Waals surface area contributed by atoms with Gasteiger partial charge in [-0.3, -0.25) is 0 Å². The van der Waals surface area contributed by atoms with Crippen molar-refractivity contribution in [2.75, 3.05) is 30.8 Å². The highest BCUT2D eigenvalue weighted by atomic mass is 15.2. The van der Waals surface area contributed by atoms with Crippen molar-refractivity contribution >= 4 is 22.9 Å². The average Bonchev–Trinajstić information content (AvgIpc) is 3.14. The first-order valence-corrected chi connectivity index (χ1v) is 7.73. The van der Waals surface area contributed by atoms with Crippen LogP contribution >= 0.6 is 0 Å². The van der Waals surface area contributed by atoms with E-state index in [1.807, 2.05) is 7.05 Å². The Hall–Kier alpha value is -1.89. The molecule has 2 aromatic heterocycles. The van der Waals surface area contributed by atoms with Gasteiger partial charge in [0.1, 0.15) is 5.52 Å². The number of H-pyrrole nitrogens is 1. The van der Waals surface area contributed by atoms with E-state index in [2.05, 4.69) is 35.5 Å². The molecular weight excluding hydrogens is 266 g/mol. The van der Waals surface area contributed by atoms with Gasteiger partial charge >= 0.3 is 0 Å². The number of piperidine rings is 1. The van der Waals surface area contributed by atoms with Gasteiger partial charge in [0.2, 0.25) is 5.95 Å². The number of aromatic nitrogens is 4. The van der Waals surface area contributed by atoms with Crippen LogP contribution in [0.2, 0.25) is 0 Å². The van der Waals surface area contributed by atoms with Crippen LogP contribution in [-0.4, -0.2) is 57.1 Å². The normalized spacial score (nSPS) is 26.0. The Kier molecular flexibility index (Phi) is 3.14. The standard InChI is InChI=1S/C14H21N7/c1-15-14-19-12-11(16-8-17-12)13(20-14)18-9-4-6-21-5-2-3-10(21)7-9/h8-10H,2-7H2,1H3,(H3,15,16,17,18,19,20). The van der Waals surface area contributed by atoms with Gasteiger partial charge in [-0.05, 0) is 32.2 Å². The number of hydrogen-bond acceptors (Lipinski definition) is 6. The molecule has 2 unspecified atom stereocenters. The Morgan fingerprint density at radius 1 is 1.29 bits per heavy atom. The fourth-order valence-corrected chi connectivity index (χ4v) is 3.60. The van der Waals surface area contributed by atoms with E-state index in [1.165, 1.54) is 38.8 Å². The number of hydrogen-bond donors (Lipinski definition) is 3. The zero-order valence-corrected chi connectivity index (χ0v) is 12.3. The lowest BCUT2D eigenvalue weighted by atomic mass is 9.97. The zero-order chi connectivity index (χ0) is 14.2. The molecule has 0 saturated carbocycles. The molecule has 2 aliphatic heterocycles. The summed E-state index contributed by atoms with van der Waals surface area (Å²) in [7, 11) is 1.83. The van der Waals surface area contributed by atoms with Crippen LogP contribution in [0.15, 0.2) is 6.33 Å². The third-order valence-corrected chi connectivity index (χ3v) is 4.67. The highest BCUT2D eigenvalue weighted by molar-refractivity contribution is 5.83. The summed E-state index contributed by atoms with van der Waals surface area (Å²) in [5, 5.41) is 6.61. The summed E-state index contributed by atoms with van der Waals surface area (Å²) in [5.74, 6) is 1.47. The smallest absolute Gasteiger partial charge is 0.226 e. The van der Waals surface area contributed by atoms with Crippen molar-refractivity contribution in [2.45, 2.75) is 37.8 Å². The monoisotopic (exact) mass is 287 g/mol. The second kappa shape index (κ2) is 5.14. The predicted octanol–water partition coefficient (Wildman–Crippen LogP) is 1.43. The Bertz CT molecular complexity index is 637. The SMILES string of the molecule is CNc1nc(NC2CCN3CCCC3C2)c2[nH]cnc2n1. The van der Waals surface area contributed by atoms with Gasteiger partial charge in [0.05, 0.1) is 6.33 Å². The minimum atomic E-state index is 0.482. The van der Waals surface area contributed by atoms with Crippen LogP contribution in [0.3, 0.4) is 0 Å². The number of rotatable bonds is 3. The molecule has 4 heterocycles. The Labute approximate surface area is 123 Å². The van der Waals surface area contributed by atoms with Crippen LogP contribution < -0.4 is 10.6 Å². The van der Waals surface area contributed by atoms with Gasteiger partial charge in [0.25, 0.3) is 0 Å². The summed E-state index contributed by atoms with van der Waals surface area (Å²) in [6, 6.07) is 1.23. The van der Waals surface area contributed by atoms with Gasteiger partial charge in [-0.2, -0.15) is 9.97 Å². The summed E-state index contributed by atoms with van der Waals surface area (Å²) in [4.78, 5) is 18.9. The van der Waals surface area contributed by atoms with Crippen LogP contribution in [0.4, 0.5) is 11.8 Å². The van der Waals surface area contributed by atoms with E-state index < -0.39 is 0 Å². The molecule has 21 heavy (non-hydrogen) atoms. The fraction of sp³-hybridized carbons (Fsp3) is 0.643. The van der Waals surface area contributed by atoms with Gasteiger partial charge in [-0.1, -0.05) is 0 Å². The molecule has 0 spiro atoms. The lowest BCUT2D eigenvalue weighted by Gasteiger charge is -2.35. The zero-order valence-electron chi connectivity index (χ0n) is 12.3. The Morgan fingerprint density at radius 2 is 2.24 bits per heavy atom. The minimum absolute atomic E-state index is 0.482. The number of nitrogens with zero attached hydrogens (tertiary/aromatic N) is 4. The first-order chi connectivity index (χ1) is 10.3. The molecule has 0 radical (unpaired) electrons. The van der Waals surface area contributed by atoms with Crippen molar-refractivity contribution in [1.82, 2.24) is 24.8 Å². The third-order valence-electron chi connectivity index (χ3n) is 4.67. The molecule has 2 atom stereocenters. The van der Waals surface area contributed by atoms with Crippen LogP contribution in [0.25, 0.3) is 11.2 Å². The van der Waals surface area contributed by atoms with Crippen LogP contribution in [0, 0.1) is 0 Å². The minimum Gasteiger partial charge on any atom is -0.365 e. The number of fused-ring (bicyclic) bond motifs is 2. The van der Waals surface area contributed by atoms with Crippen LogP contribution in [0.1, 0.15) is 25.7 Å². The van der Waals surface area contributed by atoms with Gasteiger partial charge in [-0.25, -0.2) is 4.98 Å². The van der Waals surface area contributed by atoms with Crippen molar-refractivity contribution in [3.63, 3.8) is 0 Å². The second-order valence-electron chi connectivity index (χ2n) is 5.94. The highest BCUT2D eigenvalue weighted by Gasteiger charge is 2.32. The summed E-state index contributed by atoms with van der Waals surface area (Å²) >= 11 is 0. The fourth-order valence-electron chi connectivity index (χ4n) is 3.60. The first-order valence-electron chi connectivity index (χ1n) is 7.73. The van der Waals surface area contributed by atoms with Crippen LogP contribution in [-0.2, 0) is 0 Å². The van der Waals surface area contributed by atoms with Gasteiger partial charge < -0.3 is 20.5 Å².